The molecule has 0 amide bonds. The van der Waals surface area contributed by atoms with E-state index in [0.29, 0.717) is 5.92 Å². The fourth-order valence-electron chi connectivity index (χ4n) is 1.22. The quantitative estimate of drug-likeness (QED) is 0.580. The van der Waals surface area contributed by atoms with Gasteiger partial charge in [0.05, 0.1) is 0 Å². The summed E-state index contributed by atoms with van der Waals surface area (Å²) in [5.41, 5.74) is 0. The Labute approximate surface area is 97.5 Å². The van der Waals surface area contributed by atoms with Gasteiger partial charge in [0.25, 0.3) is 0 Å². The summed E-state index contributed by atoms with van der Waals surface area (Å²) in [4.78, 5) is 0. The van der Waals surface area contributed by atoms with Crippen molar-refractivity contribution in [3.63, 3.8) is 0 Å². The Morgan fingerprint density at radius 1 is 1.13 bits per heavy atom. The van der Waals surface area contributed by atoms with Gasteiger partial charge in [0.15, 0.2) is 0 Å². The van der Waals surface area contributed by atoms with Crippen LogP contribution in [0, 0.1) is 5.92 Å². The summed E-state index contributed by atoms with van der Waals surface area (Å²) in [6.07, 6.45) is 1.15. The van der Waals surface area contributed by atoms with Crippen molar-refractivity contribution in [1.82, 2.24) is 0 Å². The second kappa shape index (κ2) is 8.72. The summed E-state index contributed by atoms with van der Waals surface area (Å²) in [6.45, 7) is 6.08. The third-order valence-corrected chi connectivity index (χ3v) is 2.30. The predicted molar refractivity (Wildman–Crippen MR) is 66.1 cm³/mol. The van der Waals surface area contributed by atoms with Crippen LogP contribution >= 0.6 is 11.6 Å². The number of halogens is 2. The molecule has 0 nitrogen and oxygen atoms in total. The van der Waals surface area contributed by atoms with Crippen molar-refractivity contribution in [2.24, 2.45) is 5.92 Å². The first-order chi connectivity index (χ1) is 7.18. The lowest BCUT2D eigenvalue weighted by Gasteiger charge is -2.24. The van der Waals surface area contributed by atoms with Crippen LogP contribution in [-0.2, 0) is 0 Å². The summed E-state index contributed by atoms with van der Waals surface area (Å²) in [5.74, 6) is 0.667. The Morgan fingerprint density at radius 3 is 1.73 bits per heavy atom. The number of rotatable bonds is 0. The Hall–Kier alpha value is -0.560. The normalized spacial score (nSPS) is 22.5. The molecular formula is C13H20ClF. The van der Waals surface area contributed by atoms with Gasteiger partial charge in [-0.15, -0.1) is 0 Å². The van der Waals surface area contributed by atoms with Crippen molar-refractivity contribution < 1.29 is 4.39 Å². The van der Waals surface area contributed by atoms with Gasteiger partial charge < -0.3 is 0 Å². The van der Waals surface area contributed by atoms with Crippen LogP contribution in [0.25, 0.3) is 0 Å². The van der Waals surface area contributed by atoms with Gasteiger partial charge in [-0.1, -0.05) is 50.6 Å². The number of hydrogen-bond donors (Lipinski definition) is 0. The van der Waals surface area contributed by atoms with Crippen LogP contribution in [-0.4, -0.2) is 6.17 Å². The maximum atomic E-state index is 11.8. The topological polar surface area (TPSA) is 0 Å². The third-order valence-electron chi connectivity index (χ3n) is 2.05. The van der Waals surface area contributed by atoms with Crippen molar-refractivity contribution in [2.45, 2.75) is 39.8 Å². The van der Waals surface area contributed by atoms with Gasteiger partial charge >= 0.3 is 0 Å². The van der Waals surface area contributed by atoms with Crippen molar-refractivity contribution in [2.75, 3.05) is 0 Å². The molecule has 0 bridgehead atoms. The molecule has 1 saturated carbocycles. The maximum absolute atomic E-state index is 11.8. The average molecular weight is 231 g/mol. The van der Waals surface area contributed by atoms with Crippen molar-refractivity contribution in [1.29, 1.82) is 0 Å². The molecule has 1 aliphatic rings. The lowest BCUT2D eigenvalue weighted by atomic mass is 9.85. The van der Waals surface area contributed by atoms with Crippen LogP contribution in [0.2, 0.25) is 5.02 Å². The second-order valence-corrected chi connectivity index (χ2v) is 3.91. The standard InChI is InChI=1S/C6H5Cl.C5H9F.C2H6/c7-6-4-2-1-3-5-6;1-4-2-5(6)3-4;1-2/h1-5H;4-5H,2-3H2,1H3;1-2H3. The highest BCUT2D eigenvalue weighted by Gasteiger charge is 2.23. The molecule has 1 aromatic carbocycles. The van der Waals surface area contributed by atoms with E-state index >= 15 is 0 Å². The van der Waals surface area contributed by atoms with Crippen molar-refractivity contribution in [3.05, 3.63) is 35.4 Å². The van der Waals surface area contributed by atoms with E-state index in [1.807, 2.05) is 44.2 Å². The maximum Gasteiger partial charge on any atom is 0.101 e. The minimum Gasteiger partial charge on any atom is -0.247 e. The Kier molecular flexibility index (Phi) is 8.40. The van der Waals surface area contributed by atoms with E-state index in [-0.39, 0.29) is 0 Å². The van der Waals surface area contributed by atoms with Gasteiger partial charge in [-0.3, -0.25) is 0 Å². The third kappa shape index (κ3) is 7.38. The summed E-state index contributed by atoms with van der Waals surface area (Å²) < 4.78 is 11.8. The molecule has 0 spiro atoms. The highest BCUT2D eigenvalue weighted by atomic mass is 35.5. The lowest BCUT2D eigenvalue weighted by molar-refractivity contribution is 0.144. The van der Waals surface area contributed by atoms with Crippen LogP contribution in [0.1, 0.15) is 33.6 Å². The Morgan fingerprint density at radius 2 is 1.60 bits per heavy atom. The monoisotopic (exact) mass is 230 g/mol. The van der Waals surface area contributed by atoms with Gasteiger partial charge in [-0.2, -0.15) is 0 Å². The predicted octanol–water partition coefficient (Wildman–Crippen LogP) is 5.12. The zero-order valence-corrected chi connectivity index (χ0v) is 10.5. The molecule has 0 heterocycles. The summed E-state index contributed by atoms with van der Waals surface area (Å²) in [7, 11) is 0. The first-order valence-corrected chi connectivity index (χ1v) is 5.91. The second-order valence-electron chi connectivity index (χ2n) is 3.47. The average Bonchev–Trinajstić information content (AvgIpc) is 2.21. The van der Waals surface area contributed by atoms with E-state index in [9.17, 15) is 4.39 Å². The van der Waals surface area contributed by atoms with E-state index in [2.05, 4.69) is 6.92 Å². The summed E-state index contributed by atoms with van der Waals surface area (Å²) >= 11 is 5.54. The molecule has 0 atom stereocenters. The first kappa shape index (κ1) is 14.4. The molecule has 2 rings (SSSR count). The van der Waals surface area contributed by atoms with Gasteiger partial charge in [0, 0.05) is 5.02 Å². The van der Waals surface area contributed by atoms with E-state index in [1.165, 1.54) is 0 Å². The minimum absolute atomic E-state index is 0.458. The van der Waals surface area contributed by atoms with Gasteiger partial charge in [-0.05, 0) is 30.9 Å². The summed E-state index contributed by atoms with van der Waals surface area (Å²) in [5, 5.41) is 0.794. The smallest absolute Gasteiger partial charge is 0.101 e. The SMILES string of the molecule is CC.CC1CC(F)C1.Clc1ccccc1. The molecule has 0 aliphatic heterocycles. The van der Waals surface area contributed by atoms with Gasteiger partial charge in [0.2, 0.25) is 0 Å². The molecule has 0 saturated heterocycles. The molecule has 0 unspecified atom stereocenters. The molecular weight excluding hydrogens is 211 g/mol. The summed E-state index contributed by atoms with van der Waals surface area (Å²) in [6, 6.07) is 9.44. The van der Waals surface area contributed by atoms with Gasteiger partial charge in [-0.25, -0.2) is 4.39 Å². The minimum atomic E-state index is -0.458. The fourth-order valence-corrected chi connectivity index (χ4v) is 1.36. The molecule has 0 aromatic heterocycles. The van der Waals surface area contributed by atoms with Crippen LogP contribution in [0.5, 0.6) is 0 Å². The molecule has 0 radical (unpaired) electrons. The van der Waals surface area contributed by atoms with Crippen LogP contribution < -0.4 is 0 Å². The molecule has 0 N–H and O–H groups in total. The Balaban J connectivity index is 0.000000227. The molecule has 15 heavy (non-hydrogen) atoms. The first-order valence-electron chi connectivity index (χ1n) is 5.53. The van der Waals surface area contributed by atoms with E-state index in [1.54, 1.807) is 0 Å². The highest BCUT2D eigenvalue weighted by molar-refractivity contribution is 6.30. The van der Waals surface area contributed by atoms with Crippen LogP contribution in [0.15, 0.2) is 30.3 Å². The van der Waals surface area contributed by atoms with Crippen molar-refractivity contribution >= 4 is 11.6 Å². The highest BCUT2D eigenvalue weighted by Crippen LogP contribution is 2.28. The molecule has 2 heteroatoms. The Bertz CT molecular complexity index is 224. The zero-order chi connectivity index (χ0) is 11.7. The largest absolute Gasteiger partial charge is 0.247 e. The lowest BCUT2D eigenvalue weighted by Crippen LogP contribution is -2.21. The zero-order valence-electron chi connectivity index (χ0n) is 9.71. The van der Waals surface area contributed by atoms with Crippen molar-refractivity contribution in [3.8, 4) is 0 Å². The number of alkyl halides is 1. The van der Waals surface area contributed by atoms with Crippen LogP contribution in [0.3, 0.4) is 0 Å². The van der Waals surface area contributed by atoms with E-state index in [4.69, 9.17) is 11.6 Å². The molecule has 1 aromatic rings. The van der Waals surface area contributed by atoms with E-state index < -0.39 is 6.17 Å². The number of benzene rings is 1. The molecule has 1 aliphatic carbocycles. The molecule has 86 valence electrons. The van der Waals surface area contributed by atoms with E-state index in [0.717, 1.165) is 17.9 Å². The number of hydrogen-bond acceptors (Lipinski definition) is 0. The van der Waals surface area contributed by atoms with Gasteiger partial charge in [0.1, 0.15) is 6.17 Å². The molecule has 1 fully saturated rings. The van der Waals surface area contributed by atoms with Crippen LogP contribution in [0.4, 0.5) is 4.39 Å². The fraction of sp³-hybridized carbons (Fsp3) is 0.538.